The van der Waals surface area contributed by atoms with E-state index in [1.807, 2.05) is 39.6 Å². The summed E-state index contributed by atoms with van der Waals surface area (Å²) in [7, 11) is 0. The number of fused-ring (bicyclic) bond motifs is 1. The molecule has 2 unspecified atom stereocenters. The van der Waals surface area contributed by atoms with Crippen molar-refractivity contribution in [2.24, 2.45) is 0 Å². The van der Waals surface area contributed by atoms with Crippen LogP contribution >= 0.6 is 0 Å². The van der Waals surface area contributed by atoms with Crippen LogP contribution in [0.15, 0.2) is 48.9 Å². The quantitative estimate of drug-likeness (QED) is 0.404. The van der Waals surface area contributed by atoms with Gasteiger partial charge in [-0.1, -0.05) is 6.07 Å². The van der Waals surface area contributed by atoms with Crippen LogP contribution in [0.5, 0.6) is 0 Å². The molecular formula is C30H29F2N5O3. The molecule has 2 aliphatic heterocycles. The van der Waals surface area contributed by atoms with Gasteiger partial charge in [-0.05, 0) is 48.7 Å². The largest absolute Gasteiger partial charge is 0.388 e. The van der Waals surface area contributed by atoms with Crippen LogP contribution in [0, 0.1) is 5.82 Å². The monoisotopic (exact) mass is 545 g/mol. The van der Waals surface area contributed by atoms with Crippen molar-refractivity contribution in [3.05, 3.63) is 71.6 Å². The summed E-state index contributed by atoms with van der Waals surface area (Å²) in [5.41, 5.74) is 3.53. The number of hydrogen-bond acceptors (Lipinski definition) is 4. The number of allylic oxidation sites excluding steroid dienone is 2. The Labute approximate surface area is 229 Å². The number of urea groups is 1. The minimum atomic E-state index is -1.73. The van der Waals surface area contributed by atoms with Crippen LogP contribution in [0.25, 0.3) is 27.7 Å². The Hall–Kier alpha value is -4.05. The molecule has 8 nitrogen and oxygen atoms in total. The number of Topliss-reactive ketones (excluding diaryl/α,β-unsaturated/α-hetero) is 1. The number of ketones is 1. The number of piperidine rings is 1. The van der Waals surface area contributed by atoms with Crippen LogP contribution in [0.3, 0.4) is 0 Å². The highest BCUT2D eigenvalue weighted by atomic mass is 19.1. The molecule has 10 heteroatoms. The van der Waals surface area contributed by atoms with Crippen LogP contribution in [-0.4, -0.2) is 72.1 Å². The number of hydrogen-bond donors (Lipinski definition) is 1. The zero-order valence-electron chi connectivity index (χ0n) is 22.1. The summed E-state index contributed by atoms with van der Waals surface area (Å²) in [5.74, 6) is -0.428. The van der Waals surface area contributed by atoms with Gasteiger partial charge in [0.25, 0.3) is 0 Å². The number of halogens is 2. The van der Waals surface area contributed by atoms with E-state index in [1.165, 1.54) is 24.0 Å². The second-order valence-corrected chi connectivity index (χ2v) is 11.2. The van der Waals surface area contributed by atoms with Crippen molar-refractivity contribution in [1.29, 1.82) is 0 Å². The molecule has 7 rings (SSSR count). The molecule has 1 saturated heterocycles. The molecule has 2 amide bonds. The van der Waals surface area contributed by atoms with Crippen LogP contribution in [0.1, 0.15) is 43.0 Å². The lowest BCUT2D eigenvalue weighted by Gasteiger charge is -2.40. The summed E-state index contributed by atoms with van der Waals surface area (Å²) in [6.07, 6.45) is 5.36. The summed E-state index contributed by atoms with van der Waals surface area (Å²) in [6.45, 7) is 2.44. The molecule has 1 fully saturated rings. The Morgan fingerprint density at radius 1 is 1.15 bits per heavy atom. The third kappa shape index (κ3) is 3.84. The molecule has 3 aromatic heterocycles. The Balaban J connectivity index is 1.29. The van der Waals surface area contributed by atoms with Crippen LogP contribution in [0.4, 0.5) is 13.6 Å². The smallest absolute Gasteiger partial charge is 0.320 e. The summed E-state index contributed by atoms with van der Waals surface area (Å²) >= 11 is 0. The summed E-state index contributed by atoms with van der Waals surface area (Å²) in [4.78, 5) is 34.3. The molecule has 2 atom stereocenters. The van der Waals surface area contributed by atoms with Crippen molar-refractivity contribution in [2.45, 2.75) is 51.0 Å². The lowest BCUT2D eigenvalue weighted by molar-refractivity contribution is -0.113. The van der Waals surface area contributed by atoms with Crippen molar-refractivity contribution in [3.63, 3.8) is 0 Å². The van der Waals surface area contributed by atoms with Gasteiger partial charge in [-0.25, -0.2) is 18.6 Å². The second kappa shape index (κ2) is 8.99. The van der Waals surface area contributed by atoms with Crippen molar-refractivity contribution < 1.29 is 23.5 Å². The van der Waals surface area contributed by atoms with Gasteiger partial charge in [0.2, 0.25) is 0 Å². The third-order valence-electron chi connectivity index (χ3n) is 8.67. The number of aliphatic hydroxyl groups is 1. The zero-order valence-corrected chi connectivity index (χ0v) is 22.1. The maximum atomic E-state index is 15.1. The number of amides is 2. The fourth-order valence-electron chi connectivity index (χ4n) is 6.43. The molecule has 5 heterocycles. The molecule has 206 valence electrons. The number of β-amino-alcohol motifs (C(OH)–C–C–N with tert-alkyl or cyclic N) is 1. The second-order valence-electron chi connectivity index (χ2n) is 11.2. The number of imidazole rings is 1. The number of likely N-dealkylation sites (tertiary alicyclic amines) is 1. The first-order valence-electron chi connectivity index (χ1n) is 13.6. The highest BCUT2D eigenvalue weighted by Crippen LogP contribution is 2.42. The number of aromatic nitrogens is 3. The molecule has 0 radical (unpaired) electrons. The maximum Gasteiger partial charge on any atom is 0.320 e. The topological polar surface area (TPSA) is 83.1 Å². The molecule has 0 spiro atoms. The van der Waals surface area contributed by atoms with E-state index in [1.54, 1.807) is 11.1 Å². The predicted octanol–water partition coefficient (Wildman–Crippen LogP) is 4.43. The van der Waals surface area contributed by atoms with Crippen molar-refractivity contribution in [1.82, 2.24) is 23.8 Å². The van der Waals surface area contributed by atoms with E-state index in [0.29, 0.717) is 48.0 Å². The number of pyridine rings is 1. The zero-order chi connectivity index (χ0) is 27.8. The van der Waals surface area contributed by atoms with Gasteiger partial charge >= 0.3 is 6.03 Å². The van der Waals surface area contributed by atoms with Gasteiger partial charge in [-0.15, -0.1) is 0 Å². The molecular weight excluding hydrogens is 516 g/mol. The number of aliphatic hydroxyl groups excluding tert-OH is 1. The summed E-state index contributed by atoms with van der Waals surface area (Å²) in [6, 6.07) is 8.35. The predicted molar refractivity (Wildman–Crippen MR) is 146 cm³/mol. The highest BCUT2D eigenvalue weighted by molar-refractivity contribution is 6.33. The number of benzene rings is 1. The maximum absolute atomic E-state index is 15.1. The van der Waals surface area contributed by atoms with Crippen LogP contribution < -0.4 is 0 Å². The SMILES string of the molecule is CC1(F)CCN(C(=O)N2CCn3cc(C4=C(c5cnc6ccccn56)CCC4=O)c4cc(F)cc(c43)C2)CC1O. The normalized spacial score (nSPS) is 23.5. The van der Waals surface area contributed by atoms with Crippen LogP contribution in [0.2, 0.25) is 0 Å². The van der Waals surface area contributed by atoms with Gasteiger partial charge in [0.1, 0.15) is 23.2 Å². The first-order chi connectivity index (χ1) is 19.2. The first-order valence-corrected chi connectivity index (χ1v) is 13.6. The minimum absolute atomic E-state index is 0.0168. The van der Waals surface area contributed by atoms with Gasteiger partial charge in [0, 0.05) is 67.9 Å². The molecule has 1 N–H and O–H groups in total. The number of nitrogens with zero attached hydrogens (tertiary/aromatic N) is 5. The third-order valence-corrected chi connectivity index (χ3v) is 8.67. The van der Waals surface area contributed by atoms with Gasteiger partial charge in [0.05, 0.1) is 24.0 Å². The Bertz CT molecular complexity index is 1740. The molecule has 0 saturated carbocycles. The van der Waals surface area contributed by atoms with E-state index in [2.05, 4.69) is 4.98 Å². The average molecular weight is 546 g/mol. The van der Waals surface area contributed by atoms with E-state index in [9.17, 15) is 19.1 Å². The molecule has 1 aliphatic carbocycles. The minimum Gasteiger partial charge on any atom is -0.388 e. The standard InChI is InChI=1S/C30H29F2N5O3/c1-30(32)7-9-35(17-25(30)39)29(40)36-11-10-34-16-22(21-13-19(31)12-18(15-36)28(21)34)27-20(5-6-24(27)38)23-14-33-26-4-2-3-8-37(23)26/h2-4,8,12-14,16,25,39H,5-7,9-11,15,17H2,1H3. The van der Waals surface area contributed by atoms with Crippen molar-refractivity contribution in [2.75, 3.05) is 19.6 Å². The van der Waals surface area contributed by atoms with E-state index in [4.69, 9.17) is 0 Å². The van der Waals surface area contributed by atoms with Gasteiger partial charge in [-0.2, -0.15) is 0 Å². The summed E-state index contributed by atoms with van der Waals surface area (Å²) < 4.78 is 33.5. The number of alkyl halides is 1. The van der Waals surface area contributed by atoms with E-state index in [-0.39, 0.29) is 37.9 Å². The van der Waals surface area contributed by atoms with Crippen LogP contribution in [-0.2, 0) is 17.9 Å². The molecule has 1 aromatic carbocycles. The van der Waals surface area contributed by atoms with Gasteiger partial charge in [-0.3, -0.25) is 9.20 Å². The lowest BCUT2D eigenvalue weighted by atomic mass is 9.93. The van der Waals surface area contributed by atoms with Crippen molar-refractivity contribution >= 4 is 39.5 Å². The number of carbonyl (C=O) groups excluding carboxylic acids is 2. The number of rotatable bonds is 2. The molecule has 40 heavy (non-hydrogen) atoms. The fraction of sp³-hybridized carbons (Fsp3) is 0.367. The Morgan fingerprint density at radius 2 is 2.00 bits per heavy atom. The highest BCUT2D eigenvalue weighted by Gasteiger charge is 2.41. The molecule has 3 aliphatic rings. The van der Waals surface area contributed by atoms with E-state index >= 15 is 4.39 Å². The summed E-state index contributed by atoms with van der Waals surface area (Å²) in [5, 5.41) is 10.8. The molecule has 0 bridgehead atoms. The Morgan fingerprint density at radius 3 is 2.83 bits per heavy atom. The number of carbonyl (C=O) groups is 2. The van der Waals surface area contributed by atoms with Gasteiger partial charge < -0.3 is 19.5 Å². The molecule has 4 aromatic rings. The first kappa shape index (κ1) is 25.0. The Kier molecular flexibility index (Phi) is 5.61. The van der Waals surface area contributed by atoms with E-state index in [0.717, 1.165) is 22.4 Å². The lowest BCUT2D eigenvalue weighted by Crippen LogP contribution is -2.56. The van der Waals surface area contributed by atoms with E-state index < -0.39 is 17.6 Å². The van der Waals surface area contributed by atoms with Crippen molar-refractivity contribution in [3.8, 4) is 0 Å². The van der Waals surface area contributed by atoms with Gasteiger partial charge in [0.15, 0.2) is 5.78 Å². The fourth-order valence-corrected chi connectivity index (χ4v) is 6.43. The average Bonchev–Trinajstić information content (AvgIpc) is 3.58.